The smallest absolute Gasteiger partial charge is 0.362 e. The summed E-state index contributed by atoms with van der Waals surface area (Å²) in [5.74, 6) is 0.0803. The molecule has 0 aliphatic heterocycles. The first-order valence-electron chi connectivity index (χ1n) is 7.04. The second-order valence-electron chi connectivity index (χ2n) is 4.82. The number of carbonyl (C=O) groups is 1. The van der Waals surface area contributed by atoms with Gasteiger partial charge in [-0.3, -0.25) is 4.68 Å². The molecule has 3 aromatic rings. The third kappa shape index (κ3) is 2.76. The average Bonchev–Trinajstić information content (AvgIpc) is 3.17. The maximum Gasteiger partial charge on any atom is 0.362 e. The van der Waals surface area contributed by atoms with Gasteiger partial charge in [0.05, 0.1) is 11.4 Å². The molecule has 0 amide bonds. The van der Waals surface area contributed by atoms with Crippen molar-refractivity contribution in [3.63, 3.8) is 0 Å². The number of ether oxygens (including phenoxy) is 1. The van der Waals surface area contributed by atoms with E-state index in [4.69, 9.17) is 4.74 Å². The topological polar surface area (TPSA) is 61.9 Å². The van der Waals surface area contributed by atoms with Gasteiger partial charge in [0.1, 0.15) is 11.4 Å². The second kappa shape index (κ2) is 5.85. The molecule has 0 radical (unpaired) electrons. The molecule has 0 spiro atoms. The van der Waals surface area contributed by atoms with Gasteiger partial charge in [-0.2, -0.15) is 10.2 Å². The van der Waals surface area contributed by atoms with Crippen LogP contribution < -0.4 is 4.74 Å². The minimum absolute atomic E-state index is 0.408. The minimum atomic E-state index is -0.408. The van der Waals surface area contributed by atoms with Crippen LogP contribution >= 0.6 is 0 Å². The fourth-order valence-corrected chi connectivity index (χ4v) is 2.20. The molecule has 0 atom stereocenters. The molecule has 0 bridgehead atoms. The van der Waals surface area contributed by atoms with E-state index in [1.165, 1.54) is 0 Å². The Labute approximate surface area is 127 Å². The fourth-order valence-electron chi connectivity index (χ4n) is 2.20. The van der Waals surface area contributed by atoms with Gasteiger partial charge in [-0.15, -0.1) is 0 Å². The zero-order chi connectivity index (χ0) is 15.5. The Morgan fingerprint density at radius 1 is 1.27 bits per heavy atom. The van der Waals surface area contributed by atoms with Gasteiger partial charge in [-0.05, 0) is 50.2 Å². The normalized spacial score (nSPS) is 10.6. The lowest BCUT2D eigenvalue weighted by atomic mass is 10.3. The molecule has 2 aromatic heterocycles. The van der Waals surface area contributed by atoms with Crippen LogP contribution in [0, 0.1) is 6.92 Å². The third-order valence-electron chi connectivity index (χ3n) is 3.23. The molecule has 6 nitrogen and oxygen atoms in total. The highest BCUT2D eigenvalue weighted by molar-refractivity contribution is 5.89. The van der Waals surface area contributed by atoms with Gasteiger partial charge in [0.2, 0.25) is 0 Å². The molecule has 22 heavy (non-hydrogen) atoms. The molecule has 0 saturated carbocycles. The Hall–Kier alpha value is -2.89. The number of aryl methyl sites for hydroxylation is 2. The van der Waals surface area contributed by atoms with E-state index in [0.29, 0.717) is 18.0 Å². The number of hydrogen-bond donors (Lipinski definition) is 0. The van der Waals surface area contributed by atoms with Gasteiger partial charge >= 0.3 is 5.97 Å². The van der Waals surface area contributed by atoms with Crippen LogP contribution in [0.25, 0.3) is 5.69 Å². The van der Waals surface area contributed by atoms with E-state index in [1.54, 1.807) is 33.8 Å². The SMILES string of the molecule is CCn1nc(C)cc1C(=O)Oc1ccc(-n2cccn2)cc1. The summed E-state index contributed by atoms with van der Waals surface area (Å²) in [6.07, 6.45) is 3.56. The molecule has 0 fully saturated rings. The highest BCUT2D eigenvalue weighted by Crippen LogP contribution is 2.16. The van der Waals surface area contributed by atoms with Crippen LogP contribution in [0.5, 0.6) is 5.75 Å². The van der Waals surface area contributed by atoms with E-state index in [9.17, 15) is 4.79 Å². The molecule has 0 saturated heterocycles. The predicted octanol–water partition coefficient (Wildman–Crippen LogP) is 2.62. The summed E-state index contributed by atoms with van der Waals surface area (Å²) in [6, 6.07) is 10.8. The van der Waals surface area contributed by atoms with Crippen molar-refractivity contribution in [1.29, 1.82) is 0 Å². The molecule has 112 valence electrons. The van der Waals surface area contributed by atoms with E-state index in [-0.39, 0.29) is 0 Å². The molecule has 1 aromatic carbocycles. The minimum Gasteiger partial charge on any atom is -0.422 e. The summed E-state index contributed by atoms with van der Waals surface area (Å²) in [4.78, 5) is 12.2. The van der Waals surface area contributed by atoms with Crippen LogP contribution in [-0.2, 0) is 6.54 Å². The van der Waals surface area contributed by atoms with Crippen molar-refractivity contribution in [2.24, 2.45) is 0 Å². The Morgan fingerprint density at radius 2 is 2.05 bits per heavy atom. The Balaban J connectivity index is 1.76. The highest BCUT2D eigenvalue weighted by atomic mass is 16.5. The molecule has 3 rings (SSSR count). The molecule has 0 unspecified atom stereocenters. The number of benzene rings is 1. The first-order valence-corrected chi connectivity index (χ1v) is 7.04. The maximum absolute atomic E-state index is 12.2. The Bertz CT molecular complexity index is 773. The number of hydrogen-bond acceptors (Lipinski definition) is 4. The zero-order valence-electron chi connectivity index (χ0n) is 12.4. The van der Waals surface area contributed by atoms with Crippen LogP contribution in [-0.4, -0.2) is 25.5 Å². The van der Waals surface area contributed by atoms with Crippen LogP contribution in [0.1, 0.15) is 23.1 Å². The lowest BCUT2D eigenvalue weighted by molar-refractivity contribution is 0.0722. The first-order chi connectivity index (χ1) is 10.7. The molecule has 0 aliphatic carbocycles. The quantitative estimate of drug-likeness (QED) is 0.548. The van der Waals surface area contributed by atoms with E-state index in [1.807, 2.05) is 38.2 Å². The van der Waals surface area contributed by atoms with Crippen molar-refractivity contribution in [3.05, 3.63) is 60.2 Å². The van der Waals surface area contributed by atoms with Gasteiger partial charge in [0.25, 0.3) is 0 Å². The lowest BCUT2D eigenvalue weighted by Gasteiger charge is -2.07. The van der Waals surface area contributed by atoms with Crippen molar-refractivity contribution in [2.45, 2.75) is 20.4 Å². The summed E-state index contributed by atoms with van der Waals surface area (Å²) in [7, 11) is 0. The number of carbonyl (C=O) groups excluding carboxylic acids is 1. The first kappa shape index (κ1) is 14.1. The molecule has 2 heterocycles. The fraction of sp³-hybridized carbons (Fsp3) is 0.188. The summed E-state index contributed by atoms with van der Waals surface area (Å²) in [5.41, 5.74) is 2.15. The van der Waals surface area contributed by atoms with Gasteiger partial charge in [0, 0.05) is 18.9 Å². The Morgan fingerprint density at radius 3 is 2.68 bits per heavy atom. The summed E-state index contributed by atoms with van der Waals surface area (Å²) < 4.78 is 8.77. The highest BCUT2D eigenvalue weighted by Gasteiger charge is 2.15. The zero-order valence-corrected chi connectivity index (χ0v) is 12.4. The maximum atomic E-state index is 12.2. The summed E-state index contributed by atoms with van der Waals surface area (Å²) in [5, 5.41) is 8.39. The standard InChI is InChI=1S/C16H16N4O2/c1-3-19-15(11-12(2)18-19)16(21)22-14-7-5-13(6-8-14)20-10-4-9-17-20/h4-11H,3H2,1-2H3. The second-order valence-corrected chi connectivity index (χ2v) is 4.82. The molecule has 6 heteroatoms. The Kier molecular flexibility index (Phi) is 3.74. The number of rotatable bonds is 4. The van der Waals surface area contributed by atoms with E-state index in [0.717, 1.165) is 11.4 Å². The van der Waals surface area contributed by atoms with Crippen LogP contribution in [0.15, 0.2) is 48.8 Å². The largest absolute Gasteiger partial charge is 0.422 e. The summed E-state index contributed by atoms with van der Waals surface area (Å²) >= 11 is 0. The van der Waals surface area contributed by atoms with E-state index < -0.39 is 5.97 Å². The van der Waals surface area contributed by atoms with Crippen molar-refractivity contribution in [3.8, 4) is 11.4 Å². The van der Waals surface area contributed by atoms with E-state index in [2.05, 4.69) is 10.2 Å². The molecular weight excluding hydrogens is 280 g/mol. The van der Waals surface area contributed by atoms with Crippen molar-refractivity contribution in [1.82, 2.24) is 19.6 Å². The third-order valence-corrected chi connectivity index (χ3v) is 3.23. The predicted molar refractivity (Wildman–Crippen MR) is 81.2 cm³/mol. The van der Waals surface area contributed by atoms with Crippen molar-refractivity contribution >= 4 is 5.97 Å². The van der Waals surface area contributed by atoms with E-state index >= 15 is 0 Å². The van der Waals surface area contributed by atoms with Crippen LogP contribution in [0.2, 0.25) is 0 Å². The monoisotopic (exact) mass is 296 g/mol. The van der Waals surface area contributed by atoms with Crippen molar-refractivity contribution < 1.29 is 9.53 Å². The molecular formula is C16H16N4O2. The van der Waals surface area contributed by atoms with Gasteiger partial charge in [-0.25, -0.2) is 9.48 Å². The van der Waals surface area contributed by atoms with Gasteiger partial charge < -0.3 is 4.74 Å². The van der Waals surface area contributed by atoms with Gasteiger partial charge in [-0.1, -0.05) is 0 Å². The van der Waals surface area contributed by atoms with Crippen LogP contribution in [0.3, 0.4) is 0 Å². The van der Waals surface area contributed by atoms with Crippen molar-refractivity contribution in [2.75, 3.05) is 0 Å². The molecule has 0 N–H and O–H groups in total. The summed E-state index contributed by atoms with van der Waals surface area (Å²) in [6.45, 7) is 4.40. The number of esters is 1. The average molecular weight is 296 g/mol. The van der Waals surface area contributed by atoms with Crippen LogP contribution in [0.4, 0.5) is 0 Å². The number of nitrogens with zero attached hydrogens (tertiary/aromatic N) is 4. The lowest BCUT2D eigenvalue weighted by Crippen LogP contribution is -2.15. The molecule has 0 aliphatic rings. The number of aromatic nitrogens is 4. The van der Waals surface area contributed by atoms with Gasteiger partial charge in [0.15, 0.2) is 0 Å².